The van der Waals surface area contributed by atoms with Crippen LogP contribution in [0.2, 0.25) is 0 Å². The third-order valence-corrected chi connectivity index (χ3v) is 4.88. The Morgan fingerprint density at radius 1 is 1.43 bits per heavy atom. The third kappa shape index (κ3) is 3.43. The Morgan fingerprint density at radius 3 is 2.62 bits per heavy atom. The SMILES string of the molecule is Cc1csc(C(C)N2CCC(=O)NC(C(C)(C)C)C2=O)n1. The molecule has 2 rings (SSSR count). The van der Waals surface area contributed by atoms with Crippen LogP contribution >= 0.6 is 11.3 Å². The van der Waals surface area contributed by atoms with E-state index in [4.69, 9.17) is 0 Å². The summed E-state index contributed by atoms with van der Waals surface area (Å²) in [6, 6.07) is -0.593. The molecule has 5 nitrogen and oxygen atoms in total. The van der Waals surface area contributed by atoms with E-state index in [9.17, 15) is 9.59 Å². The largest absolute Gasteiger partial charge is 0.344 e. The summed E-state index contributed by atoms with van der Waals surface area (Å²) in [6.07, 6.45) is 0.340. The van der Waals surface area contributed by atoms with Crippen molar-refractivity contribution in [1.29, 1.82) is 0 Å². The van der Waals surface area contributed by atoms with Crippen LogP contribution in [0.25, 0.3) is 0 Å². The van der Waals surface area contributed by atoms with Gasteiger partial charge < -0.3 is 10.2 Å². The fraction of sp³-hybridized carbons (Fsp3) is 0.667. The van der Waals surface area contributed by atoms with E-state index in [-0.39, 0.29) is 23.3 Å². The van der Waals surface area contributed by atoms with Crippen molar-refractivity contribution in [2.75, 3.05) is 6.54 Å². The fourth-order valence-corrected chi connectivity index (χ4v) is 3.33. The number of rotatable bonds is 2. The lowest BCUT2D eigenvalue weighted by Crippen LogP contribution is -2.52. The molecule has 2 amide bonds. The Labute approximate surface area is 129 Å². The van der Waals surface area contributed by atoms with Crippen molar-refractivity contribution in [1.82, 2.24) is 15.2 Å². The van der Waals surface area contributed by atoms with Crippen LogP contribution in [0.15, 0.2) is 5.38 Å². The highest BCUT2D eigenvalue weighted by atomic mass is 32.1. The zero-order valence-corrected chi connectivity index (χ0v) is 14.1. The van der Waals surface area contributed by atoms with Gasteiger partial charge in [-0.05, 0) is 19.3 Å². The molecule has 0 spiro atoms. The Balaban J connectivity index is 2.29. The van der Waals surface area contributed by atoms with Gasteiger partial charge in [-0.15, -0.1) is 11.3 Å². The second kappa shape index (κ2) is 5.75. The van der Waals surface area contributed by atoms with Crippen LogP contribution in [0.5, 0.6) is 0 Å². The zero-order chi connectivity index (χ0) is 15.8. The summed E-state index contributed by atoms with van der Waals surface area (Å²) in [5, 5.41) is 5.77. The summed E-state index contributed by atoms with van der Waals surface area (Å²) >= 11 is 1.56. The van der Waals surface area contributed by atoms with Crippen molar-refractivity contribution >= 4 is 23.2 Å². The lowest BCUT2D eigenvalue weighted by molar-refractivity contribution is -0.138. The van der Waals surface area contributed by atoms with Gasteiger partial charge >= 0.3 is 0 Å². The molecule has 6 heteroatoms. The van der Waals surface area contributed by atoms with Crippen LogP contribution in [-0.2, 0) is 9.59 Å². The van der Waals surface area contributed by atoms with Gasteiger partial charge in [0.1, 0.15) is 11.0 Å². The molecule has 0 bridgehead atoms. The molecule has 0 aliphatic carbocycles. The molecule has 1 aliphatic rings. The first-order valence-corrected chi connectivity index (χ1v) is 8.10. The number of amides is 2. The molecule has 1 fully saturated rings. The number of aryl methyl sites for hydroxylation is 1. The zero-order valence-electron chi connectivity index (χ0n) is 13.3. The first-order valence-electron chi connectivity index (χ1n) is 7.22. The van der Waals surface area contributed by atoms with E-state index < -0.39 is 6.04 Å². The van der Waals surface area contributed by atoms with Crippen molar-refractivity contribution in [2.45, 2.75) is 53.1 Å². The number of aromatic nitrogens is 1. The van der Waals surface area contributed by atoms with Gasteiger partial charge in [0.25, 0.3) is 0 Å². The second-order valence-corrected chi connectivity index (χ2v) is 7.54. The second-order valence-electron chi connectivity index (χ2n) is 6.65. The van der Waals surface area contributed by atoms with Gasteiger partial charge in [0.15, 0.2) is 0 Å². The van der Waals surface area contributed by atoms with Crippen molar-refractivity contribution in [3.8, 4) is 0 Å². The number of nitrogens with zero attached hydrogens (tertiary/aromatic N) is 2. The van der Waals surface area contributed by atoms with E-state index in [2.05, 4.69) is 10.3 Å². The topological polar surface area (TPSA) is 62.3 Å². The molecule has 1 N–H and O–H groups in total. The molecular formula is C15H23N3O2S. The van der Waals surface area contributed by atoms with E-state index in [1.165, 1.54) is 0 Å². The molecule has 1 aliphatic heterocycles. The van der Waals surface area contributed by atoms with E-state index in [0.717, 1.165) is 10.7 Å². The number of thiazole rings is 1. The van der Waals surface area contributed by atoms with E-state index >= 15 is 0 Å². The third-order valence-electron chi connectivity index (χ3n) is 3.74. The van der Waals surface area contributed by atoms with E-state index in [1.54, 1.807) is 16.2 Å². The van der Waals surface area contributed by atoms with Gasteiger partial charge in [-0.3, -0.25) is 9.59 Å². The number of carbonyl (C=O) groups is 2. The molecule has 0 radical (unpaired) electrons. The smallest absolute Gasteiger partial charge is 0.246 e. The Kier molecular flexibility index (Phi) is 4.37. The van der Waals surface area contributed by atoms with Crippen LogP contribution in [0, 0.1) is 12.3 Å². The minimum Gasteiger partial charge on any atom is -0.344 e. The molecular weight excluding hydrogens is 286 g/mol. The van der Waals surface area contributed by atoms with Gasteiger partial charge in [0.2, 0.25) is 11.8 Å². The number of carbonyl (C=O) groups excluding carboxylic acids is 2. The van der Waals surface area contributed by atoms with Crippen LogP contribution in [0.4, 0.5) is 0 Å². The van der Waals surface area contributed by atoms with E-state index in [1.807, 2.05) is 40.0 Å². The molecule has 2 heterocycles. The number of hydrogen-bond donors (Lipinski definition) is 1. The quantitative estimate of drug-likeness (QED) is 0.911. The predicted octanol–water partition coefficient (Wildman–Crippen LogP) is 2.28. The first-order chi connectivity index (χ1) is 9.70. The molecule has 116 valence electrons. The molecule has 2 atom stereocenters. The summed E-state index contributed by atoms with van der Waals surface area (Å²) < 4.78 is 0. The number of nitrogens with one attached hydrogen (secondary N) is 1. The van der Waals surface area contributed by atoms with Gasteiger partial charge in [-0.25, -0.2) is 4.98 Å². The summed E-state index contributed by atoms with van der Waals surface area (Å²) in [5.41, 5.74) is 0.652. The fourth-order valence-electron chi connectivity index (χ4n) is 2.46. The molecule has 1 aromatic rings. The normalized spacial score (nSPS) is 22.0. The standard InChI is InChI=1S/C15H23N3O2S/c1-9-8-21-13(16-9)10(2)18-7-6-11(19)17-12(14(18)20)15(3,4)5/h8,10,12H,6-7H2,1-5H3,(H,17,19). The molecule has 1 aromatic heterocycles. The average Bonchev–Trinajstić information content (AvgIpc) is 2.74. The Bertz CT molecular complexity index is 547. The summed E-state index contributed by atoms with van der Waals surface area (Å²) in [5.74, 6) is -0.0815. The summed E-state index contributed by atoms with van der Waals surface area (Å²) in [7, 11) is 0. The highest BCUT2D eigenvalue weighted by Crippen LogP contribution is 2.29. The maximum atomic E-state index is 12.8. The maximum absolute atomic E-state index is 12.8. The molecule has 0 aromatic carbocycles. The van der Waals surface area contributed by atoms with Gasteiger partial charge in [-0.2, -0.15) is 0 Å². The van der Waals surface area contributed by atoms with Gasteiger partial charge in [0.05, 0.1) is 6.04 Å². The molecule has 21 heavy (non-hydrogen) atoms. The first kappa shape index (κ1) is 15.9. The van der Waals surface area contributed by atoms with Crippen LogP contribution < -0.4 is 5.32 Å². The van der Waals surface area contributed by atoms with Crippen LogP contribution in [-0.4, -0.2) is 34.3 Å². The maximum Gasteiger partial charge on any atom is 0.246 e. The Morgan fingerprint density at radius 2 is 2.10 bits per heavy atom. The highest BCUT2D eigenvalue weighted by molar-refractivity contribution is 7.09. The molecule has 2 unspecified atom stereocenters. The van der Waals surface area contributed by atoms with Crippen molar-refractivity contribution < 1.29 is 9.59 Å². The van der Waals surface area contributed by atoms with Crippen molar-refractivity contribution in [3.63, 3.8) is 0 Å². The minimum absolute atomic E-state index is 0.0197. The molecule has 0 saturated carbocycles. The lowest BCUT2D eigenvalue weighted by Gasteiger charge is -2.34. The monoisotopic (exact) mass is 309 g/mol. The lowest BCUT2D eigenvalue weighted by atomic mass is 9.85. The average molecular weight is 309 g/mol. The minimum atomic E-state index is -0.490. The Hall–Kier alpha value is -1.43. The van der Waals surface area contributed by atoms with Gasteiger partial charge in [-0.1, -0.05) is 20.8 Å². The van der Waals surface area contributed by atoms with Crippen molar-refractivity contribution in [2.24, 2.45) is 5.41 Å². The predicted molar refractivity (Wildman–Crippen MR) is 83.0 cm³/mol. The highest BCUT2D eigenvalue weighted by Gasteiger charge is 2.39. The van der Waals surface area contributed by atoms with Crippen LogP contribution in [0.3, 0.4) is 0 Å². The summed E-state index contributed by atoms with van der Waals surface area (Å²) in [6.45, 7) is 10.3. The molecule has 1 saturated heterocycles. The van der Waals surface area contributed by atoms with Crippen LogP contribution in [0.1, 0.15) is 50.9 Å². The van der Waals surface area contributed by atoms with E-state index in [0.29, 0.717) is 13.0 Å². The summed E-state index contributed by atoms with van der Waals surface area (Å²) in [4.78, 5) is 31.0. The van der Waals surface area contributed by atoms with Gasteiger partial charge in [0, 0.05) is 24.0 Å². The number of hydrogen-bond acceptors (Lipinski definition) is 4. The van der Waals surface area contributed by atoms with Crippen molar-refractivity contribution in [3.05, 3.63) is 16.1 Å².